The fraction of sp³-hybridized carbons (Fsp3) is 0. The normalized spacial score (nSPS) is 10.1. The number of rotatable bonds is 3. The molecule has 0 atom stereocenters. The summed E-state index contributed by atoms with van der Waals surface area (Å²) >= 11 is 0. The van der Waals surface area contributed by atoms with Crippen molar-refractivity contribution in [3.05, 3.63) is 59.4 Å². The number of carboxylic acids is 1. The van der Waals surface area contributed by atoms with Gasteiger partial charge in [-0.3, -0.25) is 4.79 Å². The van der Waals surface area contributed by atoms with Crippen molar-refractivity contribution in [2.45, 2.75) is 0 Å². The van der Waals surface area contributed by atoms with Crippen LogP contribution in [-0.2, 0) is 0 Å². The molecule has 6 heteroatoms. The van der Waals surface area contributed by atoms with Crippen molar-refractivity contribution in [2.24, 2.45) is 0 Å². The molecule has 0 fully saturated rings. The number of aromatic carboxylic acids is 1. The van der Waals surface area contributed by atoms with Crippen LogP contribution in [0.25, 0.3) is 0 Å². The van der Waals surface area contributed by atoms with Crippen LogP contribution in [0.1, 0.15) is 20.7 Å². The topological polar surface area (TPSA) is 92.4 Å². The number of hydrogen-bond donors (Lipinski definition) is 3. The largest absolute Gasteiger partial charge is 0.478 e. The monoisotopic (exact) mass is 274 g/mol. The summed E-state index contributed by atoms with van der Waals surface area (Å²) in [7, 11) is 0. The highest BCUT2D eigenvalue weighted by molar-refractivity contribution is 6.05. The first kappa shape index (κ1) is 13.5. The molecule has 0 aromatic heterocycles. The molecule has 20 heavy (non-hydrogen) atoms. The lowest BCUT2D eigenvalue weighted by molar-refractivity contribution is 0.0692. The fourth-order valence-electron chi connectivity index (χ4n) is 1.65. The Morgan fingerprint density at radius 2 is 1.90 bits per heavy atom. The third-order valence-electron chi connectivity index (χ3n) is 2.61. The molecule has 5 nitrogen and oxygen atoms in total. The Hall–Kier alpha value is -2.89. The molecule has 0 unspecified atom stereocenters. The Morgan fingerprint density at radius 3 is 2.50 bits per heavy atom. The van der Waals surface area contributed by atoms with Gasteiger partial charge >= 0.3 is 5.97 Å². The summed E-state index contributed by atoms with van der Waals surface area (Å²) in [5.74, 6) is -2.74. The Balaban J connectivity index is 2.20. The number of nitrogens with one attached hydrogen (secondary N) is 1. The number of benzene rings is 2. The summed E-state index contributed by atoms with van der Waals surface area (Å²) in [4.78, 5) is 22.6. The molecule has 2 rings (SSSR count). The molecule has 0 aliphatic rings. The zero-order valence-corrected chi connectivity index (χ0v) is 10.3. The van der Waals surface area contributed by atoms with Gasteiger partial charge in [0.25, 0.3) is 5.91 Å². The van der Waals surface area contributed by atoms with Crippen molar-refractivity contribution in [3.63, 3.8) is 0 Å². The van der Waals surface area contributed by atoms with Crippen molar-refractivity contribution in [3.8, 4) is 0 Å². The molecule has 0 aliphatic heterocycles. The zero-order chi connectivity index (χ0) is 14.7. The smallest absolute Gasteiger partial charge is 0.338 e. The highest BCUT2D eigenvalue weighted by Crippen LogP contribution is 2.16. The molecule has 0 aliphatic carbocycles. The van der Waals surface area contributed by atoms with Gasteiger partial charge in [0.1, 0.15) is 5.82 Å². The number of anilines is 2. The van der Waals surface area contributed by atoms with Gasteiger partial charge in [0, 0.05) is 16.9 Å². The number of carboxylic acid groups (broad SMARTS) is 1. The van der Waals surface area contributed by atoms with E-state index in [0.717, 1.165) is 12.1 Å². The third-order valence-corrected chi connectivity index (χ3v) is 2.61. The van der Waals surface area contributed by atoms with E-state index in [2.05, 4.69) is 5.32 Å². The van der Waals surface area contributed by atoms with Crippen LogP contribution >= 0.6 is 0 Å². The maximum absolute atomic E-state index is 13.5. The van der Waals surface area contributed by atoms with Crippen molar-refractivity contribution in [2.75, 3.05) is 11.1 Å². The Bertz CT molecular complexity index is 686. The van der Waals surface area contributed by atoms with Crippen LogP contribution in [0.15, 0.2) is 42.5 Å². The minimum absolute atomic E-state index is 0.167. The second-order valence-electron chi connectivity index (χ2n) is 4.08. The van der Waals surface area contributed by atoms with Gasteiger partial charge < -0.3 is 16.2 Å². The summed E-state index contributed by atoms with van der Waals surface area (Å²) in [5.41, 5.74) is 6.04. The highest BCUT2D eigenvalue weighted by Gasteiger charge is 2.12. The maximum atomic E-state index is 13.5. The van der Waals surface area contributed by atoms with E-state index in [1.807, 2.05) is 0 Å². The standard InChI is InChI=1S/C14H11FN2O3/c15-12-7-10(4-5-11(12)14(19)20)17-13(18)8-2-1-3-9(16)6-8/h1-7H,16H2,(H,17,18)(H,19,20). The molecule has 0 heterocycles. The number of carbonyl (C=O) groups is 2. The van der Waals surface area contributed by atoms with Crippen molar-refractivity contribution >= 4 is 23.3 Å². The first-order valence-corrected chi connectivity index (χ1v) is 5.67. The first-order chi connectivity index (χ1) is 9.47. The van der Waals surface area contributed by atoms with E-state index in [-0.39, 0.29) is 5.69 Å². The quantitative estimate of drug-likeness (QED) is 0.749. The minimum Gasteiger partial charge on any atom is -0.478 e. The van der Waals surface area contributed by atoms with Gasteiger partial charge in [0.2, 0.25) is 0 Å². The number of carbonyl (C=O) groups excluding carboxylic acids is 1. The molecule has 102 valence electrons. The Morgan fingerprint density at radius 1 is 1.15 bits per heavy atom. The van der Waals surface area contributed by atoms with Gasteiger partial charge in [-0.05, 0) is 36.4 Å². The van der Waals surface area contributed by atoms with Crippen LogP contribution in [-0.4, -0.2) is 17.0 Å². The van der Waals surface area contributed by atoms with Crippen molar-refractivity contribution in [1.82, 2.24) is 0 Å². The summed E-state index contributed by atoms with van der Waals surface area (Å²) in [6, 6.07) is 9.67. The molecular formula is C14H11FN2O3. The van der Waals surface area contributed by atoms with E-state index < -0.39 is 23.3 Å². The minimum atomic E-state index is -1.36. The summed E-state index contributed by atoms with van der Waals surface area (Å²) in [6.45, 7) is 0. The van der Waals surface area contributed by atoms with E-state index in [1.54, 1.807) is 18.2 Å². The molecule has 0 saturated carbocycles. The van der Waals surface area contributed by atoms with Gasteiger partial charge in [-0.2, -0.15) is 0 Å². The van der Waals surface area contributed by atoms with Crippen molar-refractivity contribution in [1.29, 1.82) is 0 Å². The predicted molar refractivity (Wildman–Crippen MR) is 72.2 cm³/mol. The molecule has 1 amide bonds. The number of hydrogen-bond acceptors (Lipinski definition) is 3. The fourth-order valence-corrected chi connectivity index (χ4v) is 1.65. The van der Waals surface area contributed by atoms with Crippen LogP contribution in [0.4, 0.5) is 15.8 Å². The van der Waals surface area contributed by atoms with Crippen LogP contribution < -0.4 is 11.1 Å². The summed E-state index contributed by atoms with van der Waals surface area (Å²) < 4.78 is 13.5. The lowest BCUT2D eigenvalue weighted by atomic mass is 10.1. The second kappa shape index (κ2) is 5.40. The van der Waals surface area contributed by atoms with E-state index in [0.29, 0.717) is 11.3 Å². The molecule has 0 bridgehead atoms. The third kappa shape index (κ3) is 2.92. The highest BCUT2D eigenvalue weighted by atomic mass is 19.1. The molecule has 4 N–H and O–H groups in total. The lowest BCUT2D eigenvalue weighted by Crippen LogP contribution is -2.12. The van der Waals surface area contributed by atoms with E-state index in [1.165, 1.54) is 12.1 Å². The summed E-state index contributed by atoms with van der Waals surface area (Å²) in [5, 5.41) is 11.2. The Kier molecular flexibility index (Phi) is 3.65. The molecule has 2 aromatic carbocycles. The maximum Gasteiger partial charge on any atom is 0.338 e. The van der Waals surface area contributed by atoms with Gasteiger partial charge in [-0.25, -0.2) is 9.18 Å². The van der Waals surface area contributed by atoms with Gasteiger partial charge in [0.15, 0.2) is 0 Å². The van der Waals surface area contributed by atoms with E-state index in [9.17, 15) is 14.0 Å². The second-order valence-corrected chi connectivity index (χ2v) is 4.08. The van der Waals surface area contributed by atoms with Gasteiger partial charge in [-0.15, -0.1) is 0 Å². The molecule has 0 spiro atoms. The van der Waals surface area contributed by atoms with Crippen LogP contribution in [0, 0.1) is 5.82 Å². The molecule has 0 saturated heterocycles. The zero-order valence-electron chi connectivity index (χ0n) is 10.3. The average molecular weight is 274 g/mol. The predicted octanol–water partition coefficient (Wildman–Crippen LogP) is 2.36. The van der Waals surface area contributed by atoms with Gasteiger partial charge in [-0.1, -0.05) is 6.07 Å². The molecular weight excluding hydrogens is 263 g/mol. The summed E-state index contributed by atoms with van der Waals surface area (Å²) in [6.07, 6.45) is 0. The molecule has 2 aromatic rings. The van der Waals surface area contributed by atoms with E-state index >= 15 is 0 Å². The first-order valence-electron chi connectivity index (χ1n) is 5.67. The number of halogens is 1. The Labute approximate surface area is 113 Å². The number of nitrogens with two attached hydrogens (primary N) is 1. The van der Waals surface area contributed by atoms with Crippen LogP contribution in [0.3, 0.4) is 0 Å². The molecule has 0 radical (unpaired) electrons. The number of nitrogen functional groups attached to an aromatic ring is 1. The van der Waals surface area contributed by atoms with Crippen molar-refractivity contribution < 1.29 is 19.1 Å². The van der Waals surface area contributed by atoms with Crippen LogP contribution in [0.2, 0.25) is 0 Å². The SMILES string of the molecule is Nc1cccc(C(=O)Nc2ccc(C(=O)O)c(F)c2)c1. The van der Waals surface area contributed by atoms with Gasteiger partial charge in [0.05, 0.1) is 5.56 Å². The number of amides is 1. The average Bonchev–Trinajstić information content (AvgIpc) is 2.38. The van der Waals surface area contributed by atoms with E-state index in [4.69, 9.17) is 10.8 Å². The lowest BCUT2D eigenvalue weighted by Gasteiger charge is -2.07. The van der Waals surface area contributed by atoms with Crippen LogP contribution in [0.5, 0.6) is 0 Å².